The molecule has 0 unspecified atom stereocenters. The molecule has 3 rings (SSSR count). The number of carbonyl (C=O) groups is 3. The van der Waals surface area contributed by atoms with Gasteiger partial charge in [0.2, 0.25) is 5.91 Å². The molecule has 0 saturated heterocycles. The quantitative estimate of drug-likeness (QED) is 0.561. The van der Waals surface area contributed by atoms with Gasteiger partial charge in [-0.25, -0.2) is 17.9 Å². The first kappa shape index (κ1) is 22.3. The van der Waals surface area contributed by atoms with Gasteiger partial charge in [0.05, 0.1) is 29.2 Å². The van der Waals surface area contributed by atoms with Crippen molar-refractivity contribution in [1.82, 2.24) is 15.4 Å². The van der Waals surface area contributed by atoms with Crippen molar-refractivity contribution in [3.63, 3.8) is 0 Å². The lowest BCUT2D eigenvalue weighted by atomic mass is 10.1. The summed E-state index contributed by atoms with van der Waals surface area (Å²) in [4.78, 5) is 38.0. The summed E-state index contributed by atoms with van der Waals surface area (Å²) in [5.74, 6) is -0.553. The number of amides is 4. The molecule has 0 saturated carbocycles. The fraction of sp³-hybridized carbons (Fsp3) is 0.286. The van der Waals surface area contributed by atoms with E-state index in [0.29, 0.717) is 23.4 Å². The van der Waals surface area contributed by atoms with E-state index >= 15 is 0 Å². The Labute approximate surface area is 180 Å². The molecule has 1 heterocycles. The highest BCUT2D eigenvalue weighted by Gasteiger charge is 2.27. The number of rotatable bonds is 7. The van der Waals surface area contributed by atoms with Crippen LogP contribution >= 0.6 is 0 Å². The average Bonchev–Trinajstić information content (AvgIpc) is 2.74. The van der Waals surface area contributed by atoms with E-state index in [2.05, 4.69) is 10.6 Å². The van der Waals surface area contributed by atoms with E-state index in [9.17, 15) is 22.8 Å². The maximum atomic E-state index is 12.9. The highest BCUT2D eigenvalue weighted by atomic mass is 32.2. The number of nitrogens with zero attached hydrogens (tertiary/aromatic N) is 1. The van der Waals surface area contributed by atoms with E-state index < -0.39 is 16.1 Å². The fourth-order valence-corrected chi connectivity index (χ4v) is 4.14. The smallest absolute Gasteiger partial charge is 0.328 e. The monoisotopic (exact) mass is 444 g/mol. The Bertz CT molecular complexity index is 1100. The number of hydrogen-bond donors (Lipinski definition) is 3. The minimum absolute atomic E-state index is 0.0339. The first-order valence-corrected chi connectivity index (χ1v) is 11.4. The molecule has 2 aromatic carbocycles. The topological polar surface area (TPSA) is 125 Å². The summed E-state index contributed by atoms with van der Waals surface area (Å²) in [7, 11) is -4.08. The van der Waals surface area contributed by atoms with Crippen LogP contribution in [0.1, 0.15) is 35.7 Å². The molecule has 0 aliphatic carbocycles. The maximum Gasteiger partial charge on any atom is 0.328 e. The summed E-state index contributed by atoms with van der Waals surface area (Å²) in [6, 6.07) is 11.8. The molecule has 0 radical (unpaired) electrons. The Balaban J connectivity index is 1.72. The minimum Gasteiger partial charge on any atom is -0.337 e. The number of urea groups is 1. The molecular weight excluding hydrogens is 420 g/mol. The lowest BCUT2D eigenvalue weighted by Gasteiger charge is -2.29. The van der Waals surface area contributed by atoms with Gasteiger partial charge in [-0.05, 0) is 36.2 Å². The van der Waals surface area contributed by atoms with Crippen molar-refractivity contribution < 1.29 is 22.8 Å². The van der Waals surface area contributed by atoms with Crippen LogP contribution in [0, 0.1) is 0 Å². The molecule has 1 aliphatic heterocycles. The molecule has 31 heavy (non-hydrogen) atoms. The van der Waals surface area contributed by atoms with E-state index in [4.69, 9.17) is 0 Å². The maximum absolute atomic E-state index is 12.9. The summed E-state index contributed by atoms with van der Waals surface area (Å²) >= 11 is 0. The van der Waals surface area contributed by atoms with Gasteiger partial charge in [0.1, 0.15) is 0 Å². The lowest BCUT2D eigenvalue weighted by Crippen LogP contribution is -2.47. The van der Waals surface area contributed by atoms with Crippen molar-refractivity contribution in [2.75, 3.05) is 18.1 Å². The van der Waals surface area contributed by atoms with Crippen LogP contribution in [-0.2, 0) is 21.2 Å². The van der Waals surface area contributed by atoms with Gasteiger partial charge < -0.3 is 10.6 Å². The highest BCUT2D eigenvalue weighted by molar-refractivity contribution is 7.90. The third-order valence-corrected chi connectivity index (χ3v) is 6.07. The van der Waals surface area contributed by atoms with Gasteiger partial charge in [0.25, 0.3) is 15.9 Å². The zero-order valence-electron chi connectivity index (χ0n) is 17.1. The molecule has 0 spiro atoms. The van der Waals surface area contributed by atoms with Crippen LogP contribution in [0.5, 0.6) is 0 Å². The Morgan fingerprint density at radius 3 is 2.68 bits per heavy atom. The summed E-state index contributed by atoms with van der Waals surface area (Å²) in [5.41, 5.74) is 1.37. The Kier molecular flexibility index (Phi) is 6.91. The second kappa shape index (κ2) is 9.61. The largest absolute Gasteiger partial charge is 0.337 e. The van der Waals surface area contributed by atoms with Crippen molar-refractivity contribution >= 4 is 33.6 Å². The average molecular weight is 445 g/mol. The van der Waals surface area contributed by atoms with Gasteiger partial charge in [-0.15, -0.1) is 0 Å². The van der Waals surface area contributed by atoms with Crippen LogP contribution in [-0.4, -0.2) is 39.5 Å². The van der Waals surface area contributed by atoms with Gasteiger partial charge in [-0.2, -0.15) is 0 Å². The standard InChI is InChI=1S/C21H24N4O5S/c1-2-3-11-22-21(28)24-31(29,30)16-8-6-7-15(12-16)13-19(26)25-14-23-20(27)17-9-4-5-10-18(17)25/h4-10,12H,2-3,11,13-14H2,1H3,(H,23,27)(H2,22,24,28). The van der Waals surface area contributed by atoms with E-state index in [1.165, 1.54) is 23.1 Å². The van der Waals surface area contributed by atoms with Gasteiger partial charge >= 0.3 is 6.03 Å². The number of sulfonamides is 1. The number of nitrogens with one attached hydrogen (secondary N) is 3. The van der Waals surface area contributed by atoms with Gasteiger partial charge in [-0.3, -0.25) is 14.5 Å². The molecule has 9 nitrogen and oxygen atoms in total. The predicted octanol–water partition coefficient (Wildman–Crippen LogP) is 1.75. The summed E-state index contributed by atoms with van der Waals surface area (Å²) in [6.45, 7) is 2.37. The molecule has 0 bridgehead atoms. The van der Waals surface area contributed by atoms with Crippen LogP contribution in [0.2, 0.25) is 0 Å². The fourth-order valence-electron chi connectivity index (χ4n) is 3.14. The lowest BCUT2D eigenvalue weighted by molar-refractivity contribution is -0.118. The SMILES string of the molecule is CCCCNC(=O)NS(=O)(=O)c1cccc(CC(=O)N2CNC(=O)c3ccccc32)c1. The first-order chi connectivity index (χ1) is 14.8. The van der Waals surface area contributed by atoms with Crippen LogP contribution in [0.3, 0.4) is 0 Å². The third kappa shape index (κ3) is 5.40. The number of unbranched alkanes of at least 4 members (excludes halogenated alkanes) is 1. The van der Waals surface area contributed by atoms with Gasteiger partial charge in [-0.1, -0.05) is 37.6 Å². The van der Waals surface area contributed by atoms with Crippen LogP contribution in [0.4, 0.5) is 10.5 Å². The molecule has 0 aromatic heterocycles. The number of carbonyl (C=O) groups excluding carboxylic acids is 3. The third-order valence-electron chi connectivity index (χ3n) is 4.75. The number of hydrogen-bond acceptors (Lipinski definition) is 5. The van der Waals surface area contributed by atoms with Crippen LogP contribution in [0.25, 0.3) is 0 Å². The molecule has 4 amide bonds. The van der Waals surface area contributed by atoms with Crippen molar-refractivity contribution in [3.8, 4) is 0 Å². The van der Waals surface area contributed by atoms with Gasteiger partial charge in [0, 0.05) is 6.54 Å². The van der Waals surface area contributed by atoms with Crippen LogP contribution < -0.4 is 20.3 Å². The van der Waals surface area contributed by atoms with E-state index in [-0.39, 0.29) is 29.8 Å². The van der Waals surface area contributed by atoms with E-state index in [0.717, 1.165) is 12.8 Å². The van der Waals surface area contributed by atoms with Crippen molar-refractivity contribution in [2.24, 2.45) is 0 Å². The van der Waals surface area contributed by atoms with Crippen molar-refractivity contribution in [2.45, 2.75) is 31.1 Å². The second-order valence-electron chi connectivity index (χ2n) is 7.04. The molecular formula is C21H24N4O5S. The molecule has 2 aromatic rings. The summed E-state index contributed by atoms with van der Waals surface area (Å²) in [5, 5.41) is 5.14. The van der Waals surface area contributed by atoms with Crippen molar-refractivity contribution in [1.29, 1.82) is 0 Å². The van der Waals surface area contributed by atoms with Crippen LogP contribution in [0.15, 0.2) is 53.4 Å². The zero-order valence-corrected chi connectivity index (χ0v) is 17.9. The predicted molar refractivity (Wildman–Crippen MR) is 115 cm³/mol. The van der Waals surface area contributed by atoms with E-state index in [1.807, 2.05) is 11.6 Å². The first-order valence-electron chi connectivity index (χ1n) is 9.89. The highest BCUT2D eigenvalue weighted by Crippen LogP contribution is 2.24. The Hall–Kier alpha value is -3.40. The summed E-state index contributed by atoms with van der Waals surface area (Å²) in [6.07, 6.45) is 1.54. The zero-order chi connectivity index (χ0) is 22.4. The number of fused-ring (bicyclic) bond motifs is 1. The Morgan fingerprint density at radius 2 is 1.90 bits per heavy atom. The number of benzene rings is 2. The Morgan fingerprint density at radius 1 is 1.13 bits per heavy atom. The second-order valence-corrected chi connectivity index (χ2v) is 8.72. The number of anilines is 1. The molecule has 164 valence electrons. The van der Waals surface area contributed by atoms with E-state index in [1.54, 1.807) is 30.3 Å². The normalized spacial score (nSPS) is 13.2. The minimum atomic E-state index is -4.08. The summed E-state index contributed by atoms with van der Waals surface area (Å²) < 4.78 is 27.0. The van der Waals surface area contributed by atoms with Gasteiger partial charge in [0.15, 0.2) is 0 Å². The van der Waals surface area contributed by atoms with Crippen molar-refractivity contribution in [3.05, 3.63) is 59.7 Å². The molecule has 1 aliphatic rings. The molecule has 3 N–H and O–H groups in total. The molecule has 0 fully saturated rings. The number of para-hydroxylation sites is 1. The molecule has 0 atom stereocenters. The molecule has 10 heteroatoms.